The summed E-state index contributed by atoms with van der Waals surface area (Å²) in [5, 5.41) is 3.17. The average molecular weight is 368 g/mol. The summed E-state index contributed by atoms with van der Waals surface area (Å²) in [4.78, 5) is 25.4. The van der Waals surface area contributed by atoms with E-state index >= 15 is 0 Å². The van der Waals surface area contributed by atoms with Gasteiger partial charge in [-0.05, 0) is 25.8 Å². The molecule has 7 heteroatoms. The Morgan fingerprint density at radius 3 is 2.28 bits per heavy atom. The van der Waals surface area contributed by atoms with E-state index in [1.807, 2.05) is 20.8 Å². The van der Waals surface area contributed by atoms with Crippen LogP contribution in [0.15, 0.2) is 12.1 Å². The van der Waals surface area contributed by atoms with Crippen LogP contribution in [0.3, 0.4) is 0 Å². The molecule has 1 aliphatic heterocycles. The average Bonchev–Trinajstić information content (AvgIpc) is 2.85. The molecule has 0 aromatic heterocycles. The number of esters is 1. The first kappa shape index (κ1) is 17.9. The van der Waals surface area contributed by atoms with Gasteiger partial charge in [-0.15, -0.1) is 0 Å². The molecule has 0 unspecified atom stereocenters. The molecule has 1 N–H and O–H groups in total. The van der Waals surface area contributed by atoms with Gasteiger partial charge in [-0.2, -0.15) is 0 Å². The van der Waals surface area contributed by atoms with Crippen molar-refractivity contribution in [1.29, 1.82) is 0 Å². The number of carbonyl (C=O) groups excluding carboxylic acids is 2. The van der Waals surface area contributed by atoms with Crippen LogP contribution in [0.1, 0.15) is 33.6 Å². The van der Waals surface area contributed by atoms with Crippen LogP contribution in [-0.4, -0.2) is 31.7 Å². The molecule has 1 amide bonds. The number of carbonyl (C=O) groups is 2. The van der Waals surface area contributed by atoms with Gasteiger partial charge in [0.2, 0.25) is 0 Å². The summed E-state index contributed by atoms with van der Waals surface area (Å²) in [6.07, 6.45) is 1.10. The van der Waals surface area contributed by atoms with E-state index in [4.69, 9.17) is 25.8 Å². The molecule has 2 bridgehead atoms. The normalized spacial score (nSPS) is 29.3. The summed E-state index contributed by atoms with van der Waals surface area (Å²) in [6.45, 7) is 5.67. The number of nitrogens with one attached hydrogen (secondary N) is 1. The van der Waals surface area contributed by atoms with Crippen LogP contribution in [0.4, 0.5) is 5.69 Å². The van der Waals surface area contributed by atoms with Crippen molar-refractivity contribution in [2.45, 2.75) is 39.2 Å². The van der Waals surface area contributed by atoms with Gasteiger partial charge in [-0.25, -0.2) is 0 Å². The summed E-state index contributed by atoms with van der Waals surface area (Å²) in [6, 6.07) is 3.16. The highest BCUT2D eigenvalue weighted by atomic mass is 35.5. The van der Waals surface area contributed by atoms with Gasteiger partial charge < -0.3 is 19.5 Å². The quantitative estimate of drug-likeness (QED) is 0.825. The van der Waals surface area contributed by atoms with E-state index in [1.165, 1.54) is 14.2 Å². The summed E-state index contributed by atoms with van der Waals surface area (Å²) in [7, 11) is 2.99. The number of ether oxygens (including phenoxy) is 3. The van der Waals surface area contributed by atoms with Gasteiger partial charge >= 0.3 is 5.97 Å². The Kier molecular flexibility index (Phi) is 3.95. The van der Waals surface area contributed by atoms with Crippen molar-refractivity contribution in [2.75, 3.05) is 19.5 Å². The van der Waals surface area contributed by atoms with Crippen molar-refractivity contribution < 1.29 is 23.8 Å². The van der Waals surface area contributed by atoms with Crippen molar-refractivity contribution in [3.05, 3.63) is 17.2 Å². The van der Waals surface area contributed by atoms with Gasteiger partial charge in [0.15, 0.2) is 5.60 Å². The van der Waals surface area contributed by atoms with Crippen LogP contribution >= 0.6 is 11.6 Å². The Bertz CT molecular complexity index is 762. The molecule has 1 aromatic rings. The van der Waals surface area contributed by atoms with E-state index in [0.29, 0.717) is 35.1 Å². The Labute approximate surface area is 151 Å². The smallest absolute Gasteiger partial charge is 0.313 e. The summed E-state index contributed by atoms with van der Waals surface area (Å²) < 4.78 is 16.1. The zero-order valence-electron chi connectivity index (χ0n) is 15.0. The third kappa shape index (κ3) is 2.16. The van der Waals surface area contributed by atoms with Crippen molar-refractivity contribution in [2.24, 2.45) is 10.8 Å². The molecule has 1 aliphatic carbocycles. The third-order valence-corrected chi connectivity index (χ3v) is 6.47. The summed E-state index contributed by atoms with van der Waals surface area (Å²) >= 11 is 6.16. The van der Waals surface area contributed by atoms with E-state index < -0.39 is 16.4 Å². The highest BCUT2D eigenvalue weighted by Crippen LogP contribution is 2.65. The predicted molar refractivity (Wildman–Crippen MR) is 93.1 cm³/mol. The van der Waals surface area contributed by atoms with Crippen LogP contribution in [0.25, 0.3) is 0 Å². The maximum atomic E-state index is 13.1. The second-order valence-electron chi connectivity index (χ2n) is 7.31. The summed E-state index contributed by atoms with van der Waals surface area (Å²) in [5.41, 5.74) is -2.08. The highest BCUT2D eigenvalue weighted by Gasteiger charge is 2.75. The van der Waals surface area contributed by atoms with Crippen LogP contribution in [0, 0.1) is 10.8 Å². The Morgan fingerprint density at radius 1 is 1.16 bits per heavy atom. The fourth-order valence-corrected chi connectivity index (χ4v) is 4.17. The molecule has 1 aromatic carbocycles. The number of fused-ring (bicyclic) bond motifs is 2. The van der Waals surface area contributed by atoms with E-state index in [1.54, 1.807) is 12.1 Å². The molecule has 1 heterocycles. The van der Waals surface area contributed by atoms with Crippen LogP contribution in [0.5, 0.6) is 11.5 Å². The number of hydrogen-bond donors (Lipinski definition) is 1. The van der Waals surface area contributed by atoms with Crippen molar-refractivity contribution in [3.63, 3.8) is 0 Å². The number of hydrogen-bond acceptors (Lipinski definition) is 5. The number of halogens is 1. The van der Waals surface area contributed by atoms with Gasteiger partial charge in [0, 0.05) is 11.5 Å². The second kappa shape index (κ2) is 5.53. The molecular formula is C18H22ClNO5. The van der Waals surface area contributed by atoms with E-state index in [0.717, 1.165) is 0 Å². The van der Waals surface area contributed by atoms with Crippen molar-refractivity contribution >= 4 is 29.2 Å². The molecule has 2 aliphatic rings. The van der Waals surface area contributed by atoms with E-state index in [9.17, 15) is 9.59 Å². The SMILES string of the molecule is COc1cc(OC)c(NC(=O)[C@]23CC[C@@](C)(C(=O)O2)C3(C)C)cc1Cl. The first-order valence-electron chi connectivity index (χ1n) is 8.09. The molecule has 3 rings (SSSR count). The molecule has 2 fully saturated rings. The lowest BCUT2D eigenvalue weighted by atomic mass is 9.66. The maximum absolute atomic E-state index is 13.1. The first-order chi connectivity index (χ1) is 11.6. The molecule has 1 saturated heterocycles. The topological polar surface area (TPSA) is 73.9 Å². The van der Waals surface area contributed by atoms with Crippen LogP contribution in [-0.2, 0) is 14.3 Å². The van der Waals surface area contributed by atoms with E-state index in [2.05, 4.69) is 5.32 Å². The number of amides is 1. The fraction of sp³-hybridized carbons (Fsp3) is 0.556. The summed E-state index contributed by atoms with van der Waals surface area (Å²) in [5.74, 6) is 0.162. The lowest BCUT2D eigenvalue weighted by Gasteiger charge is -2.35. The standard InChI is InChI=1S/C18H22ClNO5/c1-16(2)17(3)6-7-18(16,25-15(17)22)14(21)20-11-8-10(19)12(23-4)9-13(11)24-5/h8-9H,6-7H2,1-5H3,(H,20,21)/t17-,18-/m0/s1. The molecule has 136 valence electrons. The monoisotopic (exact) mass is 367 g/mol. The Hall–Kier alpha value is -1.95. The lowest BCUT2D eigenvalue weighted by Crippen LogP contribution is -2.50. The minimum Gasteiger partial charge on any atom is -0.495 e. The third-order valence-electron chi connectivity index (χ3n) is 6.17. The van der Waals surface area contributed by atoms with Gasteiger partial charge in [0.05, 0.1) is 30.3 Å². The zero-order valence-corrected chi connectivity index (χ0v) is 15.7. The number of benzene rings is 1. The van der Waals surface area contributed by atoms with Crippen molar-refractivity contribution in [1.82, 2.24) is 0 Å². The van der Waals surface area contributed by atoms with Gasteiger partial charge in [-0.1, -0.05) is 25.4 Å². The molecule has 2 atom stereocenters. The molecule has 0 radical (unpaired) electrons. The Morgan fingerprint density at radius 2 is 1.80 bits per heavy atom. The largest absolute Gasteiger partial charge is 0.495 e. The zero-order chi connectivity index (χ0) is 18.6. The maximum Gasteiger partial charge on any atom is 0.313 e. The molecule has 6 nitrogen and oxygen atoms in total. The molecule has 0 spiro atoms. The van der Waals surface area contributed by atoms with E-state index in [-0.39, 0.29) is 11.9 Å². The number of methoxy groups -OCH3 is 2. The predicted octanol–water partition coefficient (Wildman–Crippen LogP) is 3.42. The van der Waals surface area contributed by atoms with Gasteiger partial charge in [0.1, 0.15) is 11.5 Å². The van der Waals surface area contributed by atoms with Gasteiger partial charge in [-0.3, -0.25) is 9.59 Å². The Balaban J connectivity index is 1.96. The first-order valence-corrected chi connectivity index (χ1v) is 8.47. The van der Waals surface area contributed by atoms with Gasteiger partial charge in [0.25, 0.3) is 5.91 Å². The number of anilines is 1. The number of rotatable bonds is 4. The molecule has 25 heavy (non-hydrogen) atoms. The highest BCUT2D eigenvalue weighted by molar-refractivity contribution is 6.32. The lowest BCUT2D eigenvalue weighted by molar-refractivity contribution is -0.165. The van der Waals surface area contributed by atoms with Crippen molar-refractivity contribution in [3.8, 4) is 11.5 Å². The van der Waals surface area contributed by atoms with Crippen LogP contribution < -0.4 is 14.8 Å². The van der Waals surface area contributed by atoms with Crippen LogP contribution in [0.2, 0.25) is 5.02 Å². The molecular weight excluding hydrogens is 346 g/mol. The minimum atomic E-state index is -1.20. The fourth-order valence-electron chi connectivity index (χ4n) is 3.93. The molecule has 1 saturated carbocycles. The second-order valence-corrected chi connectivity index (χ2v) is 7.72. The minimum absolute atomic E-state index is 0.321.